The summed E-state index contributed by atoms with van der Waals surface area (Å²) in [6.07, 6.45) is 0. The predicted molar refractivity (Wildman–Crippen MR) is 70.3 cm³/mol. The van der Waals surface area contributed by atoms with E-state index in [1.165, 1.54) is 12.1 Å². The highest BCUT2D eigenvalue weighted by Crippen LogP contribution is 2.23. The molecule has 2 aromatic rings. The number of rotatable bonds is 2. The molecule has 0 amide bonds. The molecule has 0 fully saturated rings. The molecule has 0 atom stereocenters. The molecule has 0 radical (unpaired) electrons. The van der Waals surface area contributed by atoms with Crippen molar-refractivity contribution in [3.8, 4) is 6.07 Å². The summed E-state index contributed by atoms with van der Waals surface area (Å²) in [7, 11) is 0. The molecule has 0 heterocycles. The maximum absolute atomic E-state index is 13.3. The molecule has 0 aromatic heterocycles. The zero-order valence-corrected chi connectivity index (χ0v) is 10.3. The van der Waals surface area contributed by atoms with E-state index in [0.29, 0.717) is 11.3 Å². The van der Waals surface area contributed by atoms with Gasteiger partial charge in [0.25, 0.3) is 0 Å². The van der Waals surface area contributed by atoms with Crippen LogP contribution in [0.2, 0.25) is 0 Å². The van der Waals surface area contributed by atoms with Crippen molar-refractivity contribution in [2.45, 2.75) is 13.8 Å². The third-order valence-electron chi connectivity index (χ3n) is 2.70. The normalized spacial score (nSPS) is 9.89. The number of nitriles is 1. The molecule has 3 heteroatoms. The lowest BCUT2D eigenvalue weighted by atomic mass is 10.1. The van der Waals surface area contributed by atoms with E-state index in [1.54, 1.807) is 6.07 Å². The first kappa shape index (κ1) is 12.1. The van der Waals surface area contributed by atoms with Gasteiger partial charge in [0, 0.05) is 11.4 Å². The molecule has 2 nitrogen and oxygen atoms in total. The first-order chi connectivity index (χ1) is 8.58. The second kappa shape index (κ2) is 4.89. The van der Waals surface area contributed by atoms with Gasteiger partial charge in [-0.1, -0.05) is 12.1 Å². The van der Waals surface area contributed by atoms with Crippen molar-refractivity contribution in [2.75, 3.05) is 5.32 Å². The van der Waals surface area contributed by atoms with Crippen LogP contribution in [0.5, 0.6) is 0 Å². The standard InChI is InChI=1S/C15H13FN2/c1-10-3-4-11(2)15(5-10)18-14-7-12(9-17)6-13(16)8-14/h3-8,18H,1-2H3. The quantitative estimate of drug-likeness (QED) is 0.859. The topological polar surface area (TPSA) is 35.8 Å². The number of nitrogens with zero attached hydrogens (tertiary/aromatic N) is 1. The number of benzene rings is 2. The smallest absolute Gasteiger partial charge is 0.126 e. The van der Waals surface area contributed by atoms with Gasteiger partial charge in [-0.05, 0) is 49.2 Å². The van der Waals surface area contributed by atoms with Crippen LogP contribution in [0.3, 0.4) is 0 Å². The Labute approximate surface area is 106 Å². The molecule has 1 N–H and O–H groups in total. The predicted octanol–water partition coefficient (Wildman–Crippen LogP) is 4.06. The summed E-state index contributed by atoms with van der Waals surface area (Å²) in [5.74, 6) is -0.415. The molecule has 2 aromatic carbocycles. The Balaban J connectivity index is 2.37. The highest BCUT2D eigenvalue weighted by Gasteiger charge is 2.03. The van der Waals surface area contributed by atoms with Crippen molar-refractivity contribution < 1.29 is 4.39 Å². The molecule has 2 rings (SSSR count). The minimum absolute atomic E-state index is 0.308. The van der Waals surface area contributed by atoms with Gasteiger partial charge in [0.15, 0.2) is 0 Å². The van der Waals surface area contributed by atoms with Crippen LogP contribution in [-0.4, -0.2) is 0 Å². The third-order valence-corrected chi connectivity index (χ3v) is 2.70. The number of anilines is 2. The summed E-state index contributed by atoms with van der Waals surface area (Å²) in [5.41, 5.74) is 4.01. The van der Waals surface area contributed by atoms with Crippen molar-refractivity contribution in [1.29, 1.82) is 5.26 Å². The van der Waals surface area contributed by atoms with E-state index in [-0.39, 0.29) is 0 Å². The number of nitrogens with one attached hydrogen (secondary N) is 1. The molecule has 0 saturated carbocycles. The second-order valence-electron chi connectivity index (χ2n) is 4.28. The Morgan fingerprint density at radius 2 is 1.89 bits per heavy atom. The van der Waals surface area contributed by atoms with Crippen LogP contribution in [0.25, 0.3) is 0 Å². The van der Waals surface area contributed by atoms with E-state index in [1.807, 2.05) is 38.1 Å². The fourth-order valence-electron chi connectivity index (χ4n) is 1.75. The lowest BCUT2D eigenvalue weighted by molar-refractivity contribution is 0.628. The van der Waals surface area contributed by atoms with Crippen LogP contribution in [0.4, 0.5) is 15.8 Å². The van der Waals surface area contributed by atoms with Gasteiger partial charge >= 0.3 is 0 Å². The van der Waals surface area contributed by atoms with Gasteiger partial charge in [-0.15, -0.1) is 0 Å². The van der Waals surface area contributed by atoms with Crippen molar-refractivity contribution in [2.24, 2.45) is 0 Å². The summed E-state index contributed by atoms with van der Waals surface area (Å²) >= 11 is 0. The van der Waals surface area contributed by atoms with Crippen molar-refractivity contribution in [1.82, 2.24) is 0 Å². The fraction of sp³-hybridized carbons (Fsp3) is 0.133. The zero-order chi connectivity index (χ0) is 13.1. The molecule has 0 saturated heterocycles. The largest absolute Gasteiger partial charge is 0.355 e. The molecular formula is C15H13FN2. The molecule has 18 heavy (non-hydrogen) atoms. The molecule has 0 aliphatic rings. The lowest BCUT2D eigenvalue weighted by Gasteiger charge is -2.11. The monoisotopic (exact) mass is 240 g/mol. The summed E-state index contributed by atoms with van der Waals surface area (Å²) < 4.78 is 13.3. The maximum atomic E-state index is 13.3. The first-order valence-corrected chi connectivity index (χ1v) is 5.63. The Bertz CT molecular complexity index is 627. The van der Waals surface area contributed by atoms with E-state index in [2.05, 4.69) is 5.32 Å². The molecule has 0 spiro atoms. The Kier molecular flexibility index (Phi) is 3.29. The first-order valence-electron chi connectivity index (χ1n) is 5.63. The van der Waals surface area contributed by atoms with Crippen LogP contribution < -0.4 is 5.32 Å². The summed E-state index contributed by atoms with van der Waals surface area (Å²) in [6.45, 7) is 3.98. The van der Waals surface area contributed by atoms with Crippen LogP contribution in [0.15, 0.2) is 36.4 Å². The maximum Gasteiger partial charge on any atom is 0.126 e. The van der Waals surface area contributed by atoms with Gasteiger partial charge in [-0.3, -0.25) is 0 Å². The van der Waals surface area contributed by atoms with Crippen molar-refractivity contribution >= 4 is 11.4 Å². The minimum atomic E-state index is -0.415. The highest BCUT2D eigenvalue weighted by atomic mass is 19.1. The fourth-order valence-corrected chi connectivity index (χ4v) is 1.75. The molecule has 0 aliphatic heterocycles. The third kappa shape index (κ3) is 2.67. The van der Waals surface area contributed by atoms with E-state index in [4.69, 9.17) is 5.26 Å². The second-order valence-corrected chi connectivity index (χ2v) is 4.28. The number of hydrogen-bond acceptors (Lipinski definition) is 2. The summed E-state index contributed by atoms with van der Waals surface area (Å²) in [4.78, 5) is 0. The van der Waals surface area contributed by atoms with Crippen LogP contribution in [0, 0.1) is 31.0 Å². The van der Waals surface area contributed by atoms with Gasteiger partial charge in [0.1, 0.15) is 5.82 Å². The van der Waals surface area contributed by atoms with Crippen LogP contribution >= 0.6 is 0 Å². The van der Waals surface area contributed by atoms with E-state index in [0.717, 1.165) is 16.8 Å². The molecule has 0 aliphatic carbocycles. The number of hydrogen-bond donors (Lipinski definition) is 1. The van der Waals surface area contributed by atoms with Gasteiger partial charge in [0.05, 0.1) is 11.6 Å². The summed E-state index contributed by atoms with van der Waals surface area (Å²) in [6, 6.07) is 12.2. The summed E-state index contributed by atoms with van der Waals surface area (Å²) in [5, 5.41) is 11.9. The van der Waals surface area contributed by atoms with E-state index >= 15 is 0 Å². The van der Waals surface area contributed by atoms with Gasteiger partial charge in [-0.2, -0.15) is 5.26 Å². The van der Waals surface area contributed by atoms with E-state index in [9.17, 15) is 4.39 Å². The Morgan fingerprint density at radius 1 is 1.11 bits per heavy atom. The molecule has 0 bridgehead atoms. The van der Waals surface area contributed by atoms with Crippen LogP contribution in [-0.2, 0) is 0 Å². The van der Waals surface area contributed by atoms with Gasteiger partial charge in [0.2, 0.25) is 0 Å². The molecule has 90 valence electrons. The molecular weight excluding hydrogens is 227 g/mol. The zero-order valence-electron chi connectivity index (χ0n) is 10.3. The Morgan fingerprint density at radius 3 is 2.61 bits per heavy atom. The molecule has 0 unspecified atom stereocenters. The number of aryl methyl sites for hydroxylation is 2. The average Bonchev–Trinajstić information content (AvgIpc) is 2.33. The van der Waals surface area contributed by atoms with Crippen LogP contribution in [0.1, 0.15) is 16.7 Å². The average molecular weight is 240 g/mol. The van der Waals surface area contributed by atoms with Gasteiger partial charge in [-0.25, -0.2) is 4.39 Å². The Hall–Kier alpha value is -2.34. The van der Waals surface area contributed by atoms with Gasteiger partial charge < -0.3 is 5.32 Å². The van der Waals surface area contributed by atoms with Crippen molar-refractivity contribution in [3.05, 3.63) is 58.9 Å². The number of halogens is 1. The van der Waals surface area contributed by atoms with Crippen molar-refractivity contribution in [3.63, 3.8) is 0 Å². The SMILES string of the molecule is Cc1ccc(C)c(Nc2cc(F)cc(C#N)c2)c1. The minimum Gasteiger partial charge on any atom is -0.355 e. The lowest BCUT2D eigenvalue weighted by Crippen LogP contribution is -1.95. The van der Waals surface area contributed by atoms with E-state index < -0.39 is 5.82 Å². The highest BCUT2D eigenvalue weighted by molar-refractivity contribution is 5.65.